The van der Waals surface area contributed by atoms with Gasteiger partial charge in [-0.25, -0.2) is 4.39 Å². The number of amides is 1. The molecule has 8 heteroatoms. The molecule has 2 unspecified atom stereocenters. The van der Waals surface area contributed by atoms with Crippen LogP contribution < -0.4 is 4.90 Å². The fourth-order valence-electron chi connectivity index (χ4n) is 2.68. The van der Waals surface area contributed by atoms with Crippen LogP contribution in [-0.4, -0.2) is 54.4 Å². The molecule has 0 bridgehead atoms. The Morgan fingerprint density at radius 1 is 1.39 bits per heavy atom. The van der Waals surface area contributed by atoms with Crippen LogP contribution in [0.5, 0.6) is 0 Å². The van der Waals surface area contributed by atoms with Gasteiger partial charge in [0.15, 0.2) is 6.10 Å². The van der Waals surface area contributed by atoms with Crippen molar-refractivity contribution in [2.24, 2.45) is 0 Å². The number of carbonyl (C=O) groups excluding carboxylic acids is 1. The molecule has 1 heterocycles. The summed E-state index contributed by atoms with van der Waals surface area (Å²) in [5, 5.41) is 9.15. The largest absolute Gasteiger partial charge is 0.415 e. The SMILES string of the molecule is CN(CC(O)C(F)(F)F)C1CCCN(c2ccccc2F)C1=O. The zero-order chi connectivity index (χ0) is 17.2. The highest BCUT2D eigenvalue weighted by Crippen LogP contribution is 2.27. The van der Waals surface area contributed by atoms with Gasteiger partial charge in [-0.2, -0.15) is 13.2 Å². The number of para-hydroxylation sites is 1. The number of likely N-dealkylation sites (N-methyl/N-ethyl adjacent to an activating group) is 1. The summed E-state index contributed by atoms with van der Waals surface area (Å²) >= 11 is 0. The van der Waals surface area contributed by atoms with Gasteiger partial charge in [-0.3, -0.25) is 9.69 Å². The number of rotatable bonds is 4. The van der Waals surface area contributed by atoms with Crippen molar-refractivity contribution in [3.05, 3.63) is 30.1 Å². The van der Waals surface area contributed by atoms with Crippen molar-refractivity contribution < 1.29 is 27.5 Å². The first-order valence-corrected chi connectivity index (χ1v) is 7.22. The van der Waals surface area contributed by atoms with Gasteiger partial charge in [0.1, 0.15) is 5.82 Å². The number of benzene rings is 1. The average molecular weight is 334 g/mol. The number of alkyl halides is 3. The molecule has 0 radical (unpaired) electrons. The lowest BCUT2D eigenvalue weighted by Crippen LogP contribution is -2.54. The Bertz CT molecular complexity index is 565. The fraction of sp³-hybridized carbons (Fsp3) is 0.533. The maximum atomic E-state index is 13.8. The maximum Gasteiger partial charge on any atom is 0.415 e. The van der Waals surface area contributed by atoms with Crippen LogP contribution in [0, 0.1) is 5.82 Å². The molecule has 1 N–H and O–H groups in total. The molecule has 1 amide bonds. The molecule has 1 aliphatic heterocycles. The van der Waals surface area contributed by atoms with E-state index in [-0.39, 0.29) is 5.69 Å². The molecule has 2 atom stereocenters. The van der Waals surface area contributed by atoms with Crippen LogP contribution in [0.15, 0.2) is 24.3 Å². The fourth-order valence-corrected chi connectivity index (χ4v) is 2.68. The average Bonchev–Trinajstić information content (AvgIpc) is 2.47. The summed E-state index contributed by atoms with van der Waals surface area (Å²) in [5.41, 5.74) is 0.118. The summed E-state index contributed by atoms with van der Waals surface area (Å²) in [6.07, 6.45) is -6.36. The first-order chi connectivity index (χ1) is 10.7. The van der Waals surface area contributed by atoms with E-state index >= 15 is 0 Å². The van der Waals surface area contributed by atoms with Crippen molar-refractivity contribution in [3.8, 4) is 0 Å². The van der Waals surface area contributed by atoms with Crippen LogP contribution in [0.4, 0.5) is 23.2 Å². The van der Waals surface area contributed by atoms with E-state index in [0.717, 1.165) is 0 Å². The van der Waals surface area contributed by atoms with E-state index in [1.54, 1.807) is 6.07 Å². The number of piperidine rings is 1. The van der Waals surface area contributed by atoms with Crippen LogP contribution >= 0.6 is 0 Å². The monoisotopic (exact) mass is 334 g/mol. The standard InChI is InChI=1S/C15H18F4N2O2/c1-20(9-13(22)15(17,18)19)12-7-4-8-21(14(12)23)11-6-3-2-5-10(11)16/h2-3,5-6,12-13,22H,4,7-9H2,1H3. The summed E-state index contributed by atoms with van der Waals surface area (Å²) < 4.78 is 51.2. The van der Waals surface area contributed by atoms with Crippen LogP contribution in [0.2, 0.25) is 0 Å². The molecule has 2 rings (SSSR count). The molecule has 0 aliphatic carbocycles. The molecule has 128 valence electrons. The minimum absolute atomic E-state index is 0.118. The lowest BCUT2D eigenvalue weighted by Gasteiger charge is -2.37. The third kappa shape index (κ3) is 4.00. The van der Waals surface area contributed by atoms with Crippen LogP contribution in [-0.2, 0) is 4.79 Å². The molecule has 0 spiro atoms. The second-order valence-corrected chi connectivity index (χ2v) is 5.60. The summed E-state index contributed by atoms with van der Waals surface area (Å²) in [7, 11) is 1.35. The van der Waals surface area contributed by atoms with Crippen LogP contribution in [0.25, 0.3) is 0 Å². The maximum absolute atomic E-state index is 13.8. The van der Waals surface area contributed by atoms with Gasteiger partial charge in [0.25, 0.3) is 0 Å². The third-order valence-electron chi connectivity index (χ3n) is 3.92. The number of hydrogen-bond donors (Lipinski definition) is 1. The minimum atomic E-state index is -4.74. The Morgan fingerprint density at radius 3 is 2.65 bits per heavy atom. The first kappa shape index (κ1) is 17.7. The topological polar surface area (TPSA) is 43.8 Å². The molecule has 0 saturated carbocycles. The Labute approximate surface area is 131 Å². The van der Waals surface area contributed by atoms with E-state index < -0.39 is 36.6 Å². The van der Waals surface area contributed by atoms with Crippen molar-refractivity contribution in [1.29, 1.82) is 0 Å². The summed E-state index contributed by atoms with van der Waals surface area (Å²) in [4.78, 5) is 14.9. The number of nitrogens with zero attached hydrogens (tertiary/aromatic N) is 2. The Balaban J connectivity index is 2.12. The van der Waals surface area contributed by atoms with Gasteiger partial charge in [0.05, 0.1) is 11.7 Å². The Hall–Kier alpha value is -1.67. The van der Waals surface area contributed by atoms with Gasteiger partial charge in [-0.05, 0) is 32.0 Å². The highest BCUT2D eigenvalue weighted by atomic mass is 19.4. The van der Waals surface area contributed by atoms with Gasteiger partial charge in [-0.15, -0.1) is 0 Å². The zero-order valence-electron chi connectivity index (χ0n) is 12.6. The predicted octanol–water partition coefficient (Wildman–Crippen LogP) is 2.18. The molecule has 0 aromatic heterocycles. The molecule has 1 aromatic rings. The van der Waals surface area contributed by atoms with Gasteiger partial charge in [0, 0.05) is 13.1 Å². The number of anilines is 1. The van der Waals surface area contributed by atoms with E-state index in [0.29, 0.717) is 19.4 Å². The lowest BCUT2D eigenvalue weighted by molar-refractivity contribution is -0.208. The quantitative estimate of drug-likeness (QED) is 0.859. The van der Waals surface area contributed by atoms with Crippen LogP contribution in [0.1, 0.15) is 12.8 Å². The number of aliphatic hydroxyl groups excluding tert-OH is 1. The Morgan fingerprint density at radius 2 is 2.04 bits per heavy atom. The number of halogens is 4. The summed E-state index contributed by atoms with van der Waals surface area (Å²) in [6, 6.07) is 4.95. The highest BCUT2D eigenvalue weighted by Gasteiger charge is 2.41. The molecule has 23 heavy (non-hydrogen) atoms. The van der Waals surface area contributed by atoms with Crippen molar-refractivity contribution in [1.82, 2.24) is 4.90 Å². The lowest BCUT2D eigenvalue weighted by atomic mass is 10.0. The summed E-state index contributed by atoms with van der Waals surface area (Å²) in [5.74, 6) is -1.02. The number of hydrogen-bond acceptors (Lipinski definition) is 3. The molecule has 1 aliphatic rings. The van der Waals surface area contributed by atoms with E-state index in [1.165, 1.54) is 35.0 Å². The second kappa shape index (κ2) is 6.84. The van der Waals surface area contributed by atoms with E-state index in [4.69, 9.17) is 5.11 Å². The van der Waals surface area contributed by atoms with Crippen molar-refractivity contribution in [2.75, 3.05) is 25.0 Å². The van der Waals surface area contributed by atoms with E-state index in [2.05, 4.69) is 0 Å². The second-order valence-electron chi connectivity index (χ2n) is 5.60. The molecule has 1 aromatic carbocycles. The normalized spacial score (nSPS) is 20.9. The van der Waals surface area contributed by atoms with Crippen LogP contribution in [0.3, 0.4) is 0 Å². The molecular formula is C15H18F4N2O2. The third-order valence-corrected chi connectivity index (χ3v) is 3.92. The van der Waals surface area contributed by atoms with Crippen molar-refractivity contribution in [3.63, 3.8) is 0 Å². The Kier molecular flexibility index (Phi) is 5.26. The molecular weight excluding hydrogens is 316 g/mol. The molecule has 1 saturated heterocycles. The minimum Gasteiger partial charge on any atom is -0.382 e. The van der Waals surface area contributed by atoms with Gasteiger partial charge >= 0.3 is 6.18 Å². The molecule has 4 nitrogen and oxygen atoms in total. The van der Waals surface area contributed by atoms with Gasteiger partial charge < -0.3 is 10.0 Å². The van der Waals surface area contributed by atoms with Gasteiger partial charge in [0.2, 0.25) is 5.91 Å². The number of aliphatic hydroxyl groups is 1. The predicted molar refractivity (Wildman–Crippen MR) is 76.5 cm³/mol. The smallest absolute Gasteiger partial charge is 0.382 e. The number of carbonyl (C=O) groups is 1. The molecule has 1 fully saturated rings. The summed E-state index contributed by atoms with van der Waals surface area (Å²) in [6.45, 7) is -0.392. The van der Waals surface area contributed by atoms with Crippen molar-refractivity contribution in [2.45, 2.75) is 31.2 Å². The zero-order valence-corrected chi connectivity index (χ0v) is 12.6. The highest BCUT2D eigenvalue weighted by molar-refractivity contribution is 5.98. The van der Waals surface area contributed by atoms with Gasteiger partial charge in [-0.1, -0.05) is 12.1 Å². The van der Waals surface area contributed by atoms with Crippen molar-refractivity contribution >= 4 is 11.6 Å². The van der Waals surface area contributed by atoms with E-state index in [1.807, 2.05) is 0 Å². The van der Waals surface area contributed by atoms with E-state index in [9.17, 15) is 22.4 Å². The first-order valence-electron chi connectivity index (χ1n) is 7.22.